The first-order valence-electron chi connectivity index (χ1n) is 10.2. The number of hydrogen-bond donors (Lipinski definition) is 3. The normalized spacial score (nSPS) is 18.9. The zero-order valence-corrected chi connectivity index (χ0v) is 17.1. The zero-order valence-electron chi connectivity index (χ0n) is 17.1. The van der Waals surface area contributed by atoms with Crippen molar-refractivity contribution >= 4 is 11.7 Å². The summed E-state index contributed by atoms with van der Waals surface area (Å²) in [6.45, 7) is 3.70. The summed E-state index contributed by atoms with van der Waals surface area (Å²) in [6, 6.07) is 9.31. The Kier molecular flexibility index (Phi) is 5.55. The van der Waals surface area contributed by atoms with Gasteiger partial charge in [-0.25, -0.2) is 0 Å². The summed E-state index contributed by atoms with van der Waals surface area (Å²) in [5.41, 5.74) is 3.50. The molecular weight excluding hydrogens is 382 g/mol. The van der Waals surface area contributed by atoms with Crippen LogP contribution < -0.4 is 5.32 Å². The van der Waals surface area contributed by atoms with Crippen LogP contribution >= 0.6 is 0 Å². The SMILES string of the molecule is Cc1ccc(-c2noc(C)c2C(=O)c2c[nH]c(C(=O)NC3CCC(O)CC3)c2)cc1. The highest BCUT2D eigenvalue weighted by molar-refractivity contribution is 6.13. The molecule has 4 rings (SSSR count). The number of aliphatic hydroxyl groups is 1. The second-order valence-electron chi connectivity index (χ2n) is 7.94. The third-order valence-corrected chi connectivity index (χ3v) is 5.64. The van der Waals surface area contributed by atoms with Gasteiger partial charge in [-0.3, -0.25) is 9.59 Å². The molecule has 1 amide bonds. The summed E-state index contributed by atoms with van der Waals surface area (Å²) in [4.78, 5) is 28.6. The molecule has 156 valence electrons. The zero-order chi connectivity index (χ0) is 21.3. The Labute approximate surface area is 174 Å². The van der Waals surface area contributed by atoms with Gasteiger partial charge >= 0.3 is 0 Å². The summed E-state index contributed by atoms with van der Waals surface area (Å²) in [5, 5.41) is 16.7. The molecule has 30 heavy (non-hydrogen) atoms. The number of amides is 1. The van der Waals surface area contributed by atoms with E-state index in [0.29, 0.717) is 41.1 Å². The van der Waals surface area contributed by atoms with Gasteiger partial charge in [0.25, 0.3) is 5.91 Å². The fourth-order valence-electron chi connectivity index (χ4n) is 3.83. The molecule has 1 aliphatic rings. The van der Waals surface area contributed by atoms with Crippen LogP contribution in [0.3, 0.4) is 0 Å². The van der Waals surface area contributed by atoms with E-state index in [-0.39, 0.29) is 23.8 Å². The van der Waals surface area contributed by atoms with Crippen molar-refractivity contribution in [2.75, 3.05) is 0 Å². The largest absolute Gasteiger partial charge is 0.393 e. The molecule has 2 aromatic heterocycles. The number of hydrogen-bond acceptors (Lipinski definition) is 5. The Morgan fingerprint density at radius 3 is 2.53 bits per heavy atom. The third-order valence-electron chi connectivity index (χ3n) is 5.64. The smallest absolute Gasteiger partial charge is 0.267 e. The Hall–Kier alpha value is -3.19. The molecule has 1 aliphatic carbocycles. The molecule has 2 heterocycles. The topological polar surface area (TPSA) is 108 Å². The van der Waals surface area contributed by atoms with Gasteiger partial charge in [-0.15, -0.1) is 0 Å². The van der Waals surface area contributed by atoms with Crippen molar-refractivity contribution in [1.29, 1.82) is 0 Å². The number of carbonyl (C=O) groups excluding carboxylic acids is 2. The highest BCUT2D eigenvalue weighted by Crippen LogP contribution is 2.28. The fraction of sp³-hybridized carbons (Fsp3) is 0.348. The van der Waals surface area contributed by atoms with Crippen LogP contribution in [-0.4, -0.2) is 39.1 Å². The number of nitrogens with zero attached hydrogens (tertiary/aromatic N) is 1. The summed E-state index contributed by atoms with van der Waals surface area (Å²) >= 11 is 0. The summed E-state index contributed by atoms with van der Waals surface area (Å²) < 4.78 is 5.31. The first-order chi connectivity index (χ1) is 14.4. The first-order valence-corrected chi connectivity index (χ1v) is 10.2. The lowest BCUT2D eigenvalue weighted by Crippen LogP contribution is -2.38. The molecule has 0 atom stereocenters. The van der Waals surface area contributed by atoms with Gasteiger partial charge in [0.2, 0.25) is 0 Å². The molecule has 7 nitrogen and oxygen atoms in total. The third kappa shape index (κ3) is 4.07. The van der Waals surface area contributed by atoms with E-state index in [1.54, 1.807) is 13.0 Å². The van der Waals surface area contributed by atoms with Crippen molar-refractivity contribution in [2.45, 2.75) is 51.7 Å². The number of aryl methyl sites for hydroxylation is 2. The predicted octanol–water partition coefficient (Wildman–Crippen LogP) is 3.55. The van der Waals surface area contributed by atoms with Crippen molar-refractivity contribution < 1.29 is 19.2 Å². The molecule has 7 heteroatoms. The Morgan fingerprint density at radius 1 is 1.13 bits per heavy atom. The van der Waals surface area contributed by atoms with Gasteiger partial charge in [0.1, 0.15) is 17.1 Å². The van der Waals surface area contributed by atoms with Crippen molar-refractivity contribution in [3.63, 3.8) is 0 Å². The lowest BCUT2D eigenvalue weighted by Gasteiger charge is -2.25. The van der Waals surface area contributed by atoms with Crippen LogP contribution in [0.2, 0.25) is 0 Å². The van der Waals surface area contributed by atoms with Gasteiger partial charge in [0.15, 0.2) is 5.78 Å². The molecule has 1 aromatic carbocycles. The molecule has 1 fully saturated rings. The van der Waals surface area contributed by atoms with Crippen LogP contribution in [0.1, 0.15) is 63.4 Å². The molecule has 0 saturated heterocycles. The minimum absolute atomic E-state index is 0.0387. The summed E-state index contributed by atoms with van der Waals surface area (Å²) in [7, 11) is 0. The maximum atomic E-state index is 13.2. The number of ketones is 1. The van der Waals surface area contributed by atoms with Crippen LogP contribution in [0, 0.1) is 13.8 Å². The predicted molar refractivity (Wildman–Crippen MR) is 111 cm³/mol. The van der Waals surface area contributed by atoms with E-state index in [0.717, 1.165) is 24.0 Å². The van der Waals surface area contributed by atoms with Crippen molar-refractivity contribution in [2.24, 2.45) is 0 Å². The van der Waals surface area contributed by atoms with Crippen molar-refractivity contribution in [3.8, 4) is 11.3 Å². The van der Waals surface area contributed by atoms with E-state index in [4.69, 9.17) is 4.52 Å². The molecular formula is C23H25N3O4. The number of aromatic amines is 1. The van der Waals surface area contributed by atoms with Crippen LogP contribution in [0.25, 0.3) is 11.3 Å². The van der Waals surface area contributed by atoms with E-state index in [1.165, 1.54) is 6.20 Å². The Morgan fingerprint density at radius 2 is 1.83 bits per heavy atom. The number of aliphatic hydroxyl groups excluding tert-OH is 1. The molecule has 0 radical (unpaired) electrons. The average Bonchev–Trinajstić information content (AvgIpc) is 3.37. The fourth-order valence-corrected chi connectivity index (χ4v) is 3.83. The second kappa shape index (κ2) is 8.28. The van der Waals surface area contributed by atoms with Gasteiger partial charge in [-0.1, -0.05) is 35.0 Å². The molecule has 3 N–H and O–H groups in total. The Balaban J connectivity index is 1.53. The minimum atomic E-state index is -0.276. The maximum absolute atomic E-state index is 13.2. The van der Waals surface area contributed by atoms with Crippen LogP contribution in [-0.2, 0) is 0 Å². The van der Waals surface area contributed by atoms with Crippen LogP contribution in [0.15, 0.2) is 41.1 Å². The van der Waals surface area contributed by atoms with Crippen molar-refractivity contribution in [3.05, 3.63) is 64.7 Å². The Bertz CT molecular complexity index is 1060. The number of H-pyrrole nitrogens is 1. The lowest BCUT2D eigenvalue weighted by molar-refractivity contribution is 0.0863. The quantitative estimate of drug-likeness (QED) is 0.561. The number of rotatable bonds is 5. The highest BCUT2D eigenvalue weighted by atomic mass is 16.5. The average molecular weight is 407 g/mol. The maximum Gasteiger partial charge on any atom is 0.267 e. The second-order valence-corrected chi connectivity index (χ2v) is 7.94. The van der Waals surface area contributed by atoms with Crippen LogP contribution in [0.4, 0.5) is 0 Å². The van der Waals surface area contributed by atoms with E-state index < -0.39 is 0 Å². The van der Waals surface area contributed by atoms with Gasteiger partial charge in [-0.05, 0) is 45.6 Å². The lowest BCUT2D eigenvalue weighted by atomic mass is 9.93. The standard InChI is InChI=1S/C23H25N3O4/c1-13-3-5-15(6-4-13)21-20(14(2)30-26-21)22(28)16-11-19(24-12-16)23(29)25-17-7-9-18(27)10-8-17/h3-6,11-12,17-18,24,27H,7-10H2,1-2H3,(H,25,29). The number of carbonyl (C=O) groups is 2. The molecule has 3 aromatic rings. The number of benzene rings is 1. The summed E-state index contributed by atoms with van der Waals surface area (Å²) in [6.07, 6.45) is 4.13. The molecule has 0 unspecified atom stereocenters. The highest BCUT2D eigenvalue weighted by Gasteiger charge is 2.25. The molecule has 0 spiro atoms. The molecule has 0 bridgehead atoms. The van der Waals surface area contributed by atoms with Crippen LogP contribution in [0.5, 0.6) is 0 Å². The van der Waals surface area contributed by atoms with Gasteiger partial charge in [0, 0.05) is 23.4 Å². The van der Waals surface area contributed by atoms with Gasteiger partial charge < -0.3 is 19.9 Å². The van der Waals surface area contributed by atoms with E-state index in [2.05, 4.69) is 15.5 Å². The molecule has 1 saturated carbocycles. The van der Waals surface area contributed by atoms with E-state index in [1.807, 2.05) is 31.2 Å². The van der Waals surface area contributed by atoms with E-state index in [9.17, 15) is 14.7 Å². The van der Waals surface area contributed by atoms with E-state index >= 15 is 0 Å². The molecule has 0 aliphatic heterocycles. The number of nitrogens with one attached hydrogen (secondary N) is 2. The summed E-state index contributed by atoms with van der Waals surface area (Å²) in [5.74, 6) is -0.0693. The minimum Gasteiger partial charge on any atom is -0.393 e. The van der Waals surface area contributed by atoms with Gasteiger partial charge in [0.05, 0.1) is 11.7 Å². The number of aromatic nitrogens is 2. The van der Waals surface area contributed by atoms with Crippen molar-refractivity contribution in [1.82, 2.24) is 15.5 Å². The monoisotopic (exact) mass is 407 g/mol. The van der Waals surface area contributed by atoms with Gasteiger partial charge in [-0.2, -0.15) is 0 Å². The first kappa shape index (κ1) is 20.1.